The number of nitrogens with one attached hydrogen (secondary N) is 1. The molecular formula is C24H45ClGe2N4O6. The van der Waals surface area contributed by atoms with E-state index in [4.69, 9.17) is 25.8 Å². The fraction of sp³-hybridized carbons (Fsp3) is 0.667. The third-order valence-corrected chi connectivity index (χ3v) is 11.4. The average molecular weight is 666 g/mol. The van der Waals surface area contributed by atoms with Gasteiger partial charge in [-0.05, 0) is 20.8 Å². The van der Waals surface area contributed by atoms with E-state index in [2.05, 4.69) is 44.7 Å². The molecule has 0 unspecified atom stereocenters. The minimum atomic E-state index is -1.75. The number of nitrogens with zero attached hydrogens (tertiary/aromatic N) is 3. The molecular weight excluding hydrogens is 621 g/mol. The van der Waals surface area contributed by atoms with E-state index in [-0.39, 0.29) is 5.56 Å². The van der Waals surface area contributed by atoms with Gasteiger partial charge >= 0.3 is 164 Å². The van der Waals surface area contributed by atoms with Crippen LogP contribution in [0.15, 0.2) is 29.3 Å². The van der Waals surface area contributed by atoms with Crippen molar-refractivity contribution in [2.24, 2.45) is 0 Å². The number of rotatable bonds is 4. The predicted molar refractivity (Wildman–Crippen MR) is 153 cm³/mol. The van der Waals surface area contributed by atoms with E-state index in [1.54, 1.807) is 33.0 Å². The van der Waals surface area contributed by atoms with E-state index in [0.29, 0.717) is 5.88 Å². The fourth-order valence-electron chi connectivity index (χ4n) is 1.84. The summed E-state index contributed by atoms with van der Waals surface area (Å²) in [6.07, 6.45) is 1.80. The van der Waals surface area contributed by atoms with Gasteiger partial charge in [0.05, 0.1) is 0 Å². The van der Waals surface area contributed by atoms with Crippen molar-refractivity contribution in [3.05, 3.63) is 34.9 Å². The number of alkyl halides is 1. The number of halogens is 1. The van der Waals surface area contributed by atoms with E-state index < -0.39 is 49.9 Å². The van der Waals surface area contributed by atoms with Crippen LogP contribution in [0.4, 0.5) is 9.59 Å². The summed E-state index contributed by atoms with van der Waals surface area (Å²) < 4.78 is 18.9. The second-order valence-corrected chi connectivity index (χ2v) is 36.8. The number of aromatic nitrogens is 4. The summed E-state index contributed by atoms with van der Waals surface area (Å²) >= 11 is 2.53. The number of carbonyl (C=O) groups is 2. The van der Waals surface area contributed by atoms with Crippen LogP contribution in [-0.2, 0) is 9.47 Å². The van der Waals surface area contributed by atoms with Gasteiger partial charge in [-0.25, -0.2) is 4.79 Å². The molecule has 0 spiro atoms. The normalized spacial score (nSPS) is 11.9. The Morgan fingerprint density at radius 1 is 0.892 bits per heavy atom. The van der Waals surface area contributed by atoms with Gasteiger partial charge < -0.3 is 4.74 Å². The molecule has 0 aromatic carbocycles. The Labute approximate surface area is 231 Å². The van der Waals surface area contributed by atoms with Gasteiger partial charge in [-0.15, -0.1) is 0 Å². The van der Waals surface area contributed by atoms with Crippen molar-refractivity contribution in [3.63, 3.8) is 0 Å². The van der Waals surface area contributed by atoms with Crippen molar-refractivity contribution < 1.29 is 23.8 Å². The second-order valence-electron chi connectivity index (χ2n) is 12.8. The molecule has 0 fully saturated rings. The second kappa shape index (κ2) is 14.5. The topological polar surface area (TPSA) is 117 Å². The number of aromatic amines is 1. The molecule has 0 saturated carbocycles. The van der Waals surface area contributed by atoms with Crippen molar-refractivity contribution >= 4 is 50.3 Å². The molecule has 0 aliphatic heterocycles. The molecule has 0 aliphatic carbocycles. The molecule has 212 valence electrons. The van der Waals surface area contributed by atoms with E-state index >= 15 is 0 Å². The zero-order valence-electron chi connectivity index (χ0n) is 24.4. The standard InChI is InChI=1S/C12H22GeN2O3.C8H12N2O3.C4H11ClGe/c1-12(2,3)18-11(16)15-8-7-10(14-15)17-9-13(4,5)6;1-8(2,3)13-7(12)10-5-4-6(11)9-10;1-6(2,3)4-5/h7-8H,9H2,1-6H3;4-5H,1-3H3,(H,9,11);4H2,1-3H3. The van der Waals surface area contributed by atoms with Gasteiger partial charge in [0.2, 0.25) is 0 Å². The maximum atomic E-state index is 11.7. The SMILES string of the molecule is CC(C)(C)OC(=O)n1ccc(=O)[nH]1.CC(C)(C)OC(=O)n1ccc(O[CH2][Ge]([CH3])([CH3])[CH3])n1.[CH3][Ge]([CH3])([CH3])[CH2]Cl. The zero-order chi connectivity index (χ0) is 29.2. The number of H-pyrrole nitrogens is 1. The minimum absolute atomic E-state index is 0.328. The van der Waals surface area contributed by atoms with E-state index in [9.17, 15) is 14.4 Å². The summed E-state index contributed by atoms with van der Waals surface area (Å²) in [5.41, 5.74) is -0.681. The van der Waals surface area contributed by atoms with Gasteiger partial charge in [0.1, 0.15) is 5.60 Å². The summed E-state index contributed by atoms with van der Waals surface area (Å²) in [5.74, 6) is 14.1. The molecule has 0 bridgehead atoms. The van der Waals surface area contributed by atoms with Crippen molar-refractivity contribution in [2.45, 2.75) is 87.3 Å². The summed E-state index contributed by atoms with van der Waals surface area (Å²) in [5, 5.41) is 6.33. The van der Waals surface area contributed by atoms with Crippen molar-refractivity contribution in [2.75, 3.05) is 10.2 Å². The fourth-order valence-corrected chi connectivity index (χ4v) is 3.06. The third-order valence-electron chi connectivity index (χ3n) is 3.39. The van der Waals surface area contributed by atoms with Crippen molar-refractivity contribution in [1.29, 1.82) is 0 Å². The van der Waals surface area contributed by atoms with Crippen LogP contribution in [0.1, 0.15) is 41.5 Å². The average Bonchev–Trinajstić information content (AvgIpc) is 3.33. The Bertz CT molecular complexity index is 1040. The molecule has 10 nitrogen and oxygen atoms in total. The first-order valence-electron chi connectivity index (χ1n) is 12.0. The van der Waals surface area contributed by atoms with Gasteiger partial charge in [0, 0.05) is 12.3 Å². The van der Waals surface area contributed by atoms with E-state index in [1.165, 1.54) is 12.3 Å². The molecule has 0 saturated heterocycles. The molecule has 13 heteroatoms. The Kier molecular flexibility index (Phi) is 13.8. The van der Waals surface area contributed by atoms with Crippen LogP contribution in [-0.4, -0.2) is 79.6 Å². The summed E-state index contributed by atoms with van der Waals surface area (Å²) in [4.78, 5) is 33.6. The van der Waals surface area contributed by atoms with Gasteiger partial charge in [0.25, 0.3) is 5.56 Å². The maximum absolute atomic E-state index is 11.7. The summed E-state index contributed by atoms with van der Waals surface area (Å²) in [6, 6.07) is 2.93. The number of ether oxygens (including phenoxy) is 3. The predicted octanol–water partition coefficient (Wildman–Crippen LogP) is 5.98. The van der Waals surface area contributed by atoms with Gasteiger partial charge in [-0.3, -0.25) is 9.89 Å². The van der Waals surface area contributed by atoms with Crippen LogP contribution >= 0.6 is 11.6 Å². The molecule has 0 amide bonds. The molecule has 0 aliphatic rings. The molecule has 2 heterocycles. The molecule has 0 radical (unpaired) electrons. The number of carbonyl (C=O) groups excluding carboxylic acids is 2. The first kappa shape index (κ1) is 35.3. The molecule has 2 aromatic heterocycles. The van der Waals surface area contributed by atoms with Crippen molar-refractivity contribution in [1.82, 2.24) is 19.6 Å². The van der Waals surface area contributed by atoms with Crippen LogP contribution in [0, 0.1) is 0 Å². The van der Waals surface area contributed by atoms with Crippen LogP contribution in [0.2, 0.25) is 34.5 Å². The van der Waals surface area contributed by atoms with Crippen molar-refractivity contribution in [3.8, 4) is 5.88 Å². The summed E-state index contributed by atoms with van der Waals surface area (Å²) in [6.45, 7) is 10.7. The van der Waals surface area contributed by atoms with Crippen LogP contribution in [0.3, 0.4) is 0 Å². The Morgan fingerprint density at radius 2 is 1.38 bits per heavy atom. The van der Waals surface area contributed by atoms with Gasteiger partial charge in [-0.2, -0.15) is 4.68 Å². The summed E-state index contributed by atoms with van der Waals surface area (Å²) in [7, 11) is 0. The third kappa shape index (κ3) is 19.1. The molecule has 37 heavy (non-hydrogen) atoms. The molecule has 2 rings (SSSR count). The Morgan fingerprint density at radius 3 is 1.76 bits per heavy atom. The van der Waals surface area contributed by atoms with Crippen LogP contribution in [0.25, 0.3) is 0 Å². The molecule has 0 atom stereocenters. The first-order chi connectivity index (χ1) is 16.5. The van der Waals surface area contributed by atoms with Gasteiger partial charge in [0.15, 0.2) is 0 Å². The Hall–Kier alpha value is -1.66. The molecule has 2 aromatic rings. The monoisotopic (exact) mass is 668 g/mol. The van der Waals surface area contributed by atoms with E-state index in [0.717, 1.165) is 19.5 Å². The number of hydrogen-bond donors (Lipinski definition) is 1. The van der Waals surface area contributed by atoms with Gasteiger partial charge in [-0.1, -0.05) is 0 Å². The Balaban J connectivity index is 0.000000594. The van der Waals surface area contributed by atoms with E-state index in [1.807, 2.05) is 20.8 Å². The van der Waals surface area contributed by atoms with Crippen LogP contribution in [0.5, 0.6) is 5.88 Å². The quantitative estimate of drug-likeness (QED) is 0.315. The number of hydrogen-bond acceptors (Lipinski definition) is 7. The zero-order valence-corrected chi connectivity index (χ0v) is 29.3. The van der Waals surface area contributed by atoms with Crippen LogP contribution < -0.4 is 10.3 Å². The first-order valence-corrected chi connectivity index (χ1v) is 28.1. The molecule has 1 N–H and O–H groups in total.